The number of nitrogen functional groups attached to an aromatic ring is 1. The molecule has 0 aliphatic heterocycles. The Bertz CT molecular complexity index is 371. The van der Waals surface area contributed by atoms with Crippen LogP contribution in [0.15, 0.2) is 12.1 Å². The van der Waals surface area contributed by atoms with Crippen molar-refractivity contribution in [1.29, 1.82) is 0 Å². The highest BCUT2D eigenvalue weighted by molar-refractivity contribution is 6.38. The number of anilines is 1. The zero-order chi connectivity index (χ0) is 13.1. The van der Waals surface area contributed by atoms with Crippen molar-refractivity contribution in [2.75, 3.05) is 12.4 Å². The largest absolute Gasteiger partial charge is 0.396 e. The molecule has 0 bridgehead atoms. The van der Waals surface area contributed by atoms with E-state index in [2.05, 4.69) is 5.32 Å². The lowest BCUT2D eigenvalue weighted by atomic mass is 10.1. The van der Waals surface area contributed by atoms with Crippen molar-refractivity contribution in [3.05, 3.63) is 40.7 Å². The Kier molecular flexibility index (Phi) is 5.04. The molecule has 3 N–H and O–H groups in total. The van der Waals surface area contributed by atoms with Crippen LogP contribution in [-0.4, -0.2) is 12.2 Å². The van der Waals surface area contributed by atoms with Gasteiger partial charge in [0.05, 0.1) is 15.7 Å². The van der Waals surface area contributed by atoms with Crippen molar-refractivity contribution in [2.24, 2.45) is 0 Å². The average molecular weight is 277 g/mol. The molecule has 0 heterocycles. The molecule has 94 valence electrons. The zero-order valence-corrected chi connectivity index (χ0v) is 11.2. The summed E-state index contributed by atoms with van der Waals surface area (Å²) in [5.74, 6) is 0. The molecule has 1 aromatic carbocycles. The Morgan fingerprint density at radius 2 is 1.88 bits per heavy atom. The highest BCUT2D eigenvalue weighted by Gasteiger charge is 2.16. The SMILES string of the molecule is CC(C)(CF)N[CH][CH]c1cc(Cl)c(N)c(Cl)c1. The fraction of sp³-hybridized carbons (Fsp3) is 0.333. The summed E-state index contributed by atoms with van der Waals surface area (Å²) in [4.78, 5) is 0. The summed E-state index contributed by atoms with van der Waals surface area (Å²) < 4.78 is 12.5. The second-order valence-corrected chi connectivity index (χ2v) is 5.21. The van der Waals surface area contributed by atoms with Crippen LogP contribution in [0, 0.1) is 13.0 Å². The maximum absolute atomic E-state index is 12.5. The summed E-state index contributed by atoms with van der Waals surface area (Å²) in [6.07, 6.45) is 1.76. The Labute approximate surface area is 111 Å². The van der Waals surface area contributed by atoms with Crippen molar-refractivity contribution in [3.63, 3.8) is 0 Å². The molecule has 0 saturated heterocycles. The Hall–Kier alpha value is -0.510. The average Bonchev–Trinajstić information content (AvgIpc) is 2.25. The van der Waals surface area contributed by atoms with Gasteiger partial charge in [-0.25, -0.2) is 4.39 Å². The molecule has 17 heavy (non-hydrogen) atoms. The van der Waals surface area contributed by atoms with Gasteiger partial charge < -0.3 is 11.1 Å². The minimum atomic E-state index is -0.585. The molecule has 0 unspecified atom stereocenters. The van der Waals surface area contributed by atoms with Gasteiger partial charge in [-0.3, -0.25) is 0 Å². The first-order valence-electron chi connectivity index (χ1n) is 5.10. The molecule has 1 aromatic rings. The van der Waals surface area contributed by atoms with E-state index in [4.69, 9.17) is 28.9 Å². The minimum absolute atomic E-state index is 0.363. The first-order chi connectivity index (χ1) is 7.85. The van der Waals surface area contributed by atoms with Crippen LogP contribution < -0.4 is 11.1 Å². The van der Waals surface area contributed by atoms with Gasteiger partial charge in [-0.05, 0) is 31.5 Å². The van der Waals surface area contributed by atoms with Crippen LogP contribution in [-0.2, 0) is 0 Å². The van der Waals surface area contributed by atoms with Gasteiger partial charge in [-0.15, -0.1) is 0 Å². The molecule has 0 spiro atoms. The molecule has 1 rings (SSSR count). The number of halogens is 3. The third-order valence-electron chi connectivity index (χ3n) is 2.19. The molecule has 2 nitrogen and oxygen atoms in total. The van der Waals surface area contributed by atoms with E-state index in [9.17, 15) is 4.39 Å². The number of alkyl halides is 1. The molecule has 0 saturated carbocycles. The van der Waals surface area contributed by atoms with Gasteiger partial charge in [0.15, 0.2) is 0 Å². The van der Waals surface area contributed by atoms with Crippen LogP contribution in [0.5, 0.6) is 0 Å². The second-order valence-electron chi connectivity index (χ2n) is 4.39. The van der Waals surface area contributed by atoms with Crippen molar-refractivity contribution in [2.45, 2.75) is 19.4 Å². The molecule has 0 aromatic heterocycles. The van der Waals surface area contributed by atoms with E-state index in [-0.39, 0.29) is 0 Å². The van der Waals surface area contributed by atoms with Crippen LogP contribution in [0.1, 0.15) is 19.4 Å². The monoisotopic (exact) mass is 276 g/mol. The van der Waals surface area contributed by atoms with Gasteiger partial charge in [0.25, 0.3) is 0 Å². The maximum atomic E-state index is 12.5. The summed E-state index contributed by atoms with van der Waals surface area (Å²) in [7, 11) is 0. The number of benzene rings is 1. The maximum Gasteiger partial charge on any atom is 0.107 e. The predicted molar refractivity (Wildman–Crippen MR) is 71.8 cm³/mol. The number of hydrogen-bond acceptors (Lipinski definition) is 2. The topological polar surface area (TPSA) is 38.0 Å². The molecule has 0 atom stereocenters. The van der Waals surface area contributed by atoms with Crippen molar-refractivity contribution in [3.8, 4) is 0 Å². The van der Waals surface area contributed by atoms with Crippen molar-refractivity contribution >= 4 is 28.9 Å². The van der Waals surface area contributed by atoms with Crippen LogP contribution >= 0.6 is 23.2 Å². The van der Waals surface area contributed by atoms with Gasteiger partial charge in [-0.2, -0.15) is 0 Å². The van der Waals surface area contributed by atoms with E-state index < -0.39 is 12.2 Å². The number of hydrogen-bond donors (Lipinski definition) is 2. The fourth-order valence-electron chi connectivity index (χ4n) is 1.10. The Balaban J connectivity index is 2.59. The lowest BCUT2D eigenvalue weighted by Crippen LogP contribution is -2.39. The molecule has 5 heteroatoms. The molecule has 0 aliphatic rings. The van der Waals surface area contributed by atoms with Crippen LogP contribution in [0.2, 0.25) is 10.0 Å². The quantitative estimate of drug-likeness (QED) is 0.806. The van der Waals surface area contributed by atoms with Gasteiger partial charge in [0, 0.05) is 18.5 Å². The number of nitrogens with one attached hydrogen (secondary N) is 1. The molecular weight excluding hydrogens is 262 g/mol. The van der Waals surface area contributed by atoms with Gasteiger partial charge in [0.1, 0.15) is 6.67 Å². The van der Waals surface area contributed by atoms with E-state index in [1.807, 2.05) is 0 Å². The zero-order valence-electron chi connectivity index (χ0n) is 9.73. The second kappa shape index (κ2) is 5.89. The molecular formula is C12H15Cl2FN2. The van der Waals surface area contributed by atoms with Crippen LogP contribution in [0.4, 0.5) is 10.1 Å². The van der Waals surface area contributed by atoms with E-state index in [1.165, 1.54) is 0 Å². The van der Waals surface area contributed by atoms with E-state index in [0.717, 1.165) is 5.56 Å². The van der Waals surface area contributed by atoms with Gasteiger partial charge in [0.2, 0.25) is 0 Å². The number of nitrogens with two attached hydrogens (primary N) is 1. The van der Waals surface area contributed by atoms with Crippen LogP contribution in [0.3, 0.4) is 0 Å². The lowest BCUT2D eigenvalue weighted by molar-refractivity contribution is 0.308. The normalized spacial score (nSPS) is 11.8. The third-order valence-corrected chi connectivity index (χ3v) is 2.81. The third kappa shape index (κ3) is 4.34. The Morgan fingerprint density at radius 3 is 2.35 bits per heavy atom. The molecule has 0 aliphatic carbocycles. The van der Waals surface area contributed by atoms with Crippen LogP contribution in [0.25, 0.3) is 0 Å². The minimum Gasteiger partial charge on any atom is -0.396 e. The smallest absolute Gasteiger partial charge is 0.107 e. The first-order valence-corrected chi connectivity index (χ1v) is 5.86. The van der Waals surface area contributed by atoms with E-state index in [1.54, 1.807) is 38.9 Å². The van der Waals surface area contributed by atoms with Gasteiger partial charge >= 0.3 is 0 Å². The van der Waals surface area contributed by atoms with Gasteiger partial charge in [-0.1, -0.05) is 23.2 Å². The van der Waals surface area contributed by atoms with Crippen molar-refractivity contribution in [1.82, 2.24) is 5.32 Å². The lowest BCUT2D eigenvalue weighted by Gasteiger charge is -2.21. The predicted octanol–water partition coefficient (Wildman–Crippen LogP) is 3.63. The standard InChI is InChI=1S/C12H15Cl2FN2/c1-12(2,7-15)17-4-3-8-5-9(13)11(16)10(14)6-8/h3-6,17H,7,16H2,1-2H3. The highest BCUT2D eigenvalue weighted by atomic mass is 35.5. The van der Waals surface area contributed by atoms with E-state index in [0.29, 0.717) is 15.7 Å². The summed E-state index contributed by atoms with van der Waals surface area (Å²) in [5.41, 5.74) is 6.20. The summed E-state index contributed by atoms with van der Waals surface area (Å²) in [5, 5.41) is 3.75. The first kappa shape index (κ1) is 14.6. The summed E-state index contributed by atoms with van der Waals surface area (Å²) in [6.45, 7) is 4.74. The fourth-order valence-corrected chi connectivity index (χ4v) is 1.61. The highest BCUT2D eigenvalue weighted by Crippen LogP contribution is 2.29. The number of rotatable bonds is 5. The van der Waals surface area contributed by atoms with E-state index >= 15 is 0 Å². The molecule has 0 amide bonds. The van der Waals surface area contributed by atoms with Crippen molar-refractivity contribution < 1.29 is 4.39 Å². The Morgan fingerprint density at radius 1 is 1.35 bits per heavy atom. The summed E-state index contributed by atoms with van der Waals surface area (Å²) >= 11 is 11.8. The summed E-state index contributed by atoms with van der Waals surface area (Å²) in [6, 6.07) is 3.40. The molecule has 0 fully saturated rings. The molecule has 2 radical (unpaired) electrons.